The van der Waals surface area contributed by atoms with Gasteiger partial charge in [0, 0.05) is 39.1 Å². The molecular formula is C12H24N2O2. The standard InChI is InChI=1S/C12H24N2O2/c1-2-15-11-9-14-7-4-12(5-8-14)13-6-3-10-16-12/h13H,2-11H2,1H3. The van der Waals surface area contributed by atoms with Crippen LogP contribution in [0.4, 0.5) is 0 Å². The molecule has 0 bridgehead atoms. The van der Waals surface area contributed by atoms with Crippen molar-refractivity contribution in [3.63, 3.8) is 0 Å². The van der Waals surface area contributed by atoms with Crippen molar-refractivity contribution < 1.29 is 9.47 Å². The monoisotopic (exact) mass is 228 g/mol. The largest absolute Gasteiger partial charge is 0.380 e. The zero-order valence-corrected chi connectivity index (χ0v) is 10.3. The summed E-state index contributed by atoms with van der Waals surface area (Å²) in [5.41, 5.74) is 0.000361. The lowest BCUT2D eigenvalue weighted by molar-refractivity contribution is -0.127. The van der Waals surface area contributed by atoms with Crippen molar-refractivity contribution in [2.75, 3.05) is 46.0 Å². The summed E-state index contributed by atoms with van der Waals surface area (Å²) in [6.07, 6.45) is 3.37. The van der Waals surface area contributed by atoms with Crippen LogP contribution in [0.1, 0.15) is 26.2 Å². The summed E-state index contributed by atoms with van der Waals surface area (Å²) >= 11 is 0. The van der Waals surface area contributed by atoms with Crippen molar-refractivity contribution in [1.82, 2.24) is 10.2 Å². The second-order valence-corrected chi connectivity index (χ2v) is 4.66. The minimum atomic E-state index is 0.000361. The Morgan fingerprint density at radius 1 is 1.38 bits per heavy atom. The summed E-state index contributed by atoms with van der Waals surface area (Å²) in [6.45, 7) is 9.07. The molecule has 0 aromatic heterocycles. The second kappa shape index (κ2) is 5.96. The molecule has 0 atom stereocenters. The van der Waals surface area contributed by atoms with E-state index in [1.54, 1.807) is 0 Å². The molecule has 0 unspecified atom stereocenters. The zero-order chi connectivity index (χ0) is 11.3. The van der Waals surface area contributed by atoms with Crippen LogP contribution in [-0.2, 0) is 9.47 Å². The van der Waals surface area contributed by atoms with E-state index in [0.717, 1.165) is 65.3 Å². The quantitative estimate of drug-likeness (QED) is 0.723. The topological polar surface area (TPSA) is 33.7 Å². The van der Waals surface area contributed by atoms with Crippen LogP contribution in [-0.4, -0.2) is 56.6 Å². The molecule has 0 amide bonds. The zero-order valence-electron chi connectivity index (χ0n) is 10.3. The maximum Gasteiger partial charge on any atom is 0.121 e. The van der Waals surface area contributed by atoms with Gasteiger partial charge in [0.15, 0.2) is 0 Å². The highest BCUT2D eigenvalue weighted by Gasteiger charge is 2.36. The number of rotatable bonds is 4. The van der Waals surface area contributed by atoms with Gasteiger partial charge in [-0.1, -0.05) is 0 Å². The third-order valence-electron chi connectivity index (χ3n) is 3.57. The first-order chi connectivity index (χ1) is 7.85. The molecule has 4 heteroatoms. The normalized spacial score (nSPS) is 26.1. The van der Waals surface area contributed by atoms with Gasteiger partial charge in [0.05, 0.1) is 13.2 Å². The van der Waals surface area contributed by atoms with E-state index in [9.17, 15) is 0 Å². The number of hydrogen-bond donors (Lipinski definition) is 1. The fourth-order valence-electron chi connectivity index (χ4n) is 2.50. The average Bonchev–Trinajstić information content (AvgIpc) is 2.33. The van der Waals surface area contributed by atoms with Crippen molar-refractivity contribution >= 4 is 0 Å². The van der Waals surface area contributed by atoms with Gasteiger partial charge in [-0.3, -0.25) is 5.32 Å². The van der Waals surface area contributed by atoms with Crippen molar-refractivity contribution in [3.05, 3.63) is 0 Å². The Labute approximate surface area is 98.3 Å². The van der Waals surface area contributed by atoms with Crippen molar-refractivity contribution in [2.45, 2.75) is 31.9 Å². The van der Waals surface area contributed by atoms with E-state index in [-0.39, 0.29) is 5.72 Å². The van der Waals surface area contributed by atoms with Gasteiger partial charge in [-0.2, -0.15) is 0 Å². The molecule has 1 N–H and O–H groups in total. The summed E-state index contributed by atoms with van der Waals surface area (Å²) in [5, 5.41) is 3.54. The summed E-state index contributed by atoms with van der Waals surface area (Å²) < 4.78 is 11.3. The van der Waals surface area contributed by atoms with Crippen LogP contribution in [0.25, 0.3) is 0 Å². The van der Waals surface area contributed by atoms with Crippen LogP contribution in [0.15, 0.2) is 0 Å². The predicted molar refractivity (Wildman–Crippen MR) is 63.5 cm³/mol. The van der Waals surface area contributed by atoms with Crippen LogP contribution in [0.2, 0.25) is 0 Å². The van der Waals surface area contributed by atoms with Crippen LogP contribution < -0.4 is 5.32 Å². The van der Waals surface area contributed by atoms with Crippen molar-refractivity contribution in [2.24, 2.45) is 0 Å². The highest BCUT2D eigenvalue weighted by atomic mass is 16.5. The Hall–Kier alpha value is -0.160. The minimum Gasteiger partial charge on any atom is -0.380 e. The van der Waals surface area contributed by atoms with Gasteiger partial charge in [-0.15, -0.1) is 0 Å². The molecule has 16 heavy (non-hydrogen) atoms. The first-order valence-corrected chi connectivity index (χ1v) is 6.54. The molecule has 94 valence electrons. The van der Waals surface area contributed by atoms with Gasteiger partial charge in [0.1, 0.15) is 5.72 Å². The van der Waals surface area contributed by atoms with E-state index in [1.807, 2.05) is 6.92 Å². The SMILES string of the molecule is CCOCCN1CCC2(CC1)NCCCO2. The highest BCUT2D eigenvalue weighted by molar-refractivity contribution is 4.87. The van der Waals surface area contributed by atoms with E-state index >= 15 is 0 Å². The minimum absolute atomic E-state index is 0.000361. The highest BCUT2D eigenvalue weighted by Crippen LogP contribution is 2.25. The Kier molecular flexibility index (Phi) is 4.58. The molecule has 4 nitrogen and oxygen atoms in total. The van der Waals surface area contributed by atoms with Crippen molar-refractivity contribution in [3.8, 4) is 0 Å². The Bertz CT molecular complexity index is 195. The molecule has 2 fully saturated rings. The van der Waals surface area contributed by atoms with Gasteiger partial charge < -0.3 is 14.4 Å². The van der Waals surface area contributed by atoms with E-state index in [1.165, 1.54) is 0 Å². The molecule has 2 aliphatic heterocycles. The van der Waals surface area contributed by atoms with Crippen molar-refractivity contribution in [1.29, 1.82) is 0 Å². The molecule has 0 aromatic rings. The lowest BCUT2D eigenvalue weighted by Crippen LogP contribution is -2.58. The molecule has 2 saturated heterocycles. The van der Waals surface area contributed by atoms with E-state index in [4.69, 9.17) is 9.47 Å². The third-order valence-corrected chi connectivity index (χ3v) is 3.57. The number of likely N-dealkylation sites (tertiary alicyclic amines) is 1. The molecule has 0 aliphatic carbocycles. The number of ether oxygens (including phenoxy) is 2. The van der Waals surface area contributed by atoms with Crippen LogP contribution >= 0.6 is 0 Å². The number of hydrogen-bond acceptors (Lipinski definition) is 4. The summed E-state index contributed by atoms with van der Waals surface area (Å²) in [4.78, 5) is 2.47. The fourth-order valence-corrected chi connectivity index (χ4v) is 2.50. The number of piperidine rings is 1. The predicted octanol–water partition coefficient (Wildman–Crippen LogP) is 0.825. The van der Waals surface area contributed by atoms with Gasteiger partial charge >= 0.3 is 0 Å². The Balaban J connectivity index is 1.69. The van der Waals surface area contributed by atoms with Gasteiger partial charge in [0.25, 0.3) is 0 Å². The van der Waals surface area contributed by atoms with Gasteiger partial charge in [0.2, 0.25) is 0 Å². The lowest BCUT2D eigenvalue weighted by atomic mass is 9.99. The first kappa shape index (κ1) is 12.3. The molecule has 2 rings (SSSR count). The van der Waals surface area contributed by atoms with Crippen LogP contribution in [0.5, 0.6) is 0 Å². The molecule has 1 spiro atoms. The van der Waals surface area contributed by atoms with Crippen LogP contribution in [0, 0.1) is 0 Å². The number of nitrogens with one attached hydrogen (secondary N) is 1. The average molecular weight is 228 g/mol. The van der Waals surface area contributed by atoms with E-state index < -0.39 is 0 Å². The smallest absolute Gasteiger partial charge is 0.121 e. The maximum atomic E-state index is 5.91. The van der Waals surface area contributed by atoms with Gasteiger partial charge in [-0.05, 0) is 19.9 Å². The summed E-state index contributed by atoms with van der Waals surface area (Å²) in [7, 11) is 0. The number of nitrogens with zero attached hydrogens (tertiary/aromatic N) is 1. The van der Waals surface area contributed by atoms with Gasteiger partial charge in [-0.25, -0.2) is 0 Å². The summed E-state index contributed by atoms with van der Waals surface area (Å²) in [5.74, 6) is 0. The van der Waals surface area contributed by atoms with E-state index in [0.29, 0.717) is 0 Å². The molecule has 2 heterocycles. The Morgan fingerprint density at radius 2 is 2.19 bits per heavy atom. The third kappa shape index (κ3) is 3.17. The molecule has 0 radical (unpaired) electrons. The fraction of sp³-hybridized carbons (Fsp3) is 1.00. The summed E-state index contributed by atoms with van der Waals surface area (Å²) in [6, 6.07) is 0. The molecule has 2 aliphatic rings. The maximum absolute atomic E-state index is 5.91. The Morgan fingerprint density at radius 3 is 2.81 bits per heavy atom. The second-order valence-electron chi connectivity index (χ2n) is 4.66. The van der Waals surface area contributed by atoms with E-state index in [2.05, 4.69) is 10.2 Å². The molecular weight excluding hydrogens is 204 g/mol. The molecule has 0 aromatic carbocycles. The lowest BCUT2D eigenvalue weighted by Gasteiger charge is -2.44. The van der Waals surface area contributed by atoms with Crippen LogP contribution in [0.3, 0.4) is 0 Å². The first-order valence-electron chi connectivity index (χ1n) is 6.54. The molecule has 0 saturated carbocycles.